The first kappa shape index (κ1) is 26.6. The van der Waals surface area contributed by atoms with Crippen molar-refractivity contribution in [3.8, 4) is 0 Å². The summed E-state index contributed by atoms with van der Waals surface area (Å²) in [4.78, 5) is 33.7. The zero-order valence-electron chi connectivity index (χ0n) is 20.1. The van der Waals surface area contributed by atoms with Crippen LogP contribution in [0.3, 0.4) is 0 Å². The van der Waals surface area contributed by atoms with Gasteiger partial charge in [-0.05, 0) is 43.2 Å². The molecule has 2 fully saturated rings. The molecule has 0 saturated carbocycles. The summed E-state index contributed by atoms with van der Waals surface area (Å²) < 4.78 is 18.4. The fourth-order valence-electron chi connectivity index (χ4n) is 4.31. The summed E-state index contributed by atoms with van der Waals surface area (Å²) in [6.45, 7) is 9.39. The number of hydrogen-bond donors (Lipinski definition) is 0. The summed E-state index contributed by atoms with van der Waals surface area (Å²) >= 11 is 5.79. The maximum atomic E-state index is 13.3. The standard InChI is InChI=1S/C25H36ClFN4O3/c1-34-19-18-29-14-12-28(13-15-29)9-2-3-10-30-16-17-31(11-8-25(30)33)24(32)7-5-21-4-6-23(27)22(26)20-21/h4-7,20H,2-3,8-19H2,1H3/b7-5+. The van der Waals surface area contributed by atoms with Crippen molar-refractivity contribution in [2.75, 3.05) is 79.2 Å². The molecule has 3 rings (SSSR count). The van der Waals surface area contributed by atoms with Crippen molar-refractivity contribution >= 4 is 29.5 Å². The number of methoxy groups -OCH3 is 1. The highest BCUT2D eigenvalue weighted by molar-refractivity contribution is 6.30. The molecule has 0 N–H and O–H groups in total. The molecule has 0 aliphatic carbocycles. The quantitative estimate of drug-likeness (QED) is 0.369. The van der Waals surface area contributed by atoms with E-state index in [-0.39, 0.29) is 16.8 Å². The number of ether oxygens (including phenoxy) is 1. The van der Waals surface area contributed by atoms with E-state index in [9.17, 15) is 14.0 Å². The lowest BCUT2D eigenvalue weighted by molar-refractivity contribution is -0.130. The number of nitrogens with zero attached hydrogens (tertiary/aromatic N) is 4. The van der Waals surface area contributed by atoms with Gasteiger partial charge in [-0.15, -0.1) is 0 Å². The third-order valence-corrected chi connectivity index (χ3v) is 6.78. The van der Waals surface area contributed by atoms with Crippen molar-refractivity contribution in [1.29, 1.82) is 0 Å². The molecule has 2 aliphatic rings. The van der Waals surface area contributed by atoms with Crippen LogP contribution < -0.4 is 0 Å². The molecule has 2 heterocycles. The van der Waals surface area contributed by atoms with E-state index >= 15 is 0 Å². The second-order valence-corrected chi connectivity index (χ2v) is 9.25. The smallest absolute Gasteiger partial charge is 0.246 e. The summed E-state index contributed by atoms with van der Waals surface area (Å²) in [6.07, 6.45) is 5.45. The van der Waals surface area contributed by atoms with Gasteiger partial charge < -0.3 is 19.4 Å². The second-order valence-electron chi connectivity index (χ2n) is 8.85. The maximum absolute atomic E-state index is 13.3. The number of carbonyl (C=O) groups is 2. The van der Waals surface area contributed by atoms with E-state index in [0.717, 1.165) is 65.3 Å². The van der Waals surface area contributed by atoms with E-state index in [0.29, 0.717) is 31.6 Å². The van der Waals surface area contributed by atoms with Gasteiger partial charge in [0.25, 0.3) is 0 Å². The first-order valence-corrected chi connectivity index (χ1v) is 12.5. The van der Waals surface area contributed by atoms with Gasteiger partial charge in [0.1, 0.15) is 5.82 Å². The van der Waals surface area contributed by atoms with Gasteiger partial charge in [0.15, 0.2) is 0 Å². The Morgan fingerprint density at radius 1 is 1.03 bits per heavy atom. The zero-order chi connectivity index (χ0) is 24.3. The average Bonchev–Trinajstić information content (AvgIpc) is 3.03. The van der Waals surface area contributed by atoms with Crippen molar-refractivity contribution in [2.24, 2.45) is 0 Å². The van der Waals surface area contributed by atoms with Gasteiger partial charge >= 0.3 is 0 Å². The third-order valence-electron chi connectivity index (χ3n) is 6.49. The fraction of sp³-hybridized carbons (Fsp3) is 0.600. The Hall–Kier alpha value is -2.00. The fourth-order valence-corrected chi connectivity index (χ4v) is 4.50. The monoisotopic (exact) mass is 494 g/mol. The van der Waals surface area contributed by atoms with Gasteiger partial charge in [0.05, 0.1) is 11.6 Å². The molecule has 9 heteroatoms. The van der Waals surface area contributed by atoms with Crippen LogP contribution in [0.4, 0.5) is 4.39 Å². The zero-order valence-corrected chi connectivity index (χ0v) is 20.8. The molecule has 0 unspecified atom stereocenters. The SMILES string of the molecule is COCCN1CCN(CCCCN2CCN(C(=O)/C=C/c3ccc(F)c(Cl)c3)CCC2=O)CC1. The minimum absolute atomic E-state index is 0.0231. The topological polar surface area (TPSA) is 56.3 Å². The third kappa shape index (κ3) is 8.34. The predicted octanol–water partition coefficient (Wildman–Crippen LogP) is 2.60. The lowest BCUT2D eigenvalue weighted by Crippen LogP contribution is -2.47. The molecule has 2 saturated heterocycles. The molecule has 1 aromatic rings. The van der Waals surface area contributed by atoms with E-state index in [2.05, 4.69) is 9.80 Å². The Morgan fingerprint density at radius 2 is 1.74 bits per heavy atom. The largest absolute Gasteiger partial charge is 0.383 e. The van der Waals surface area contributed by atoms with Crippen LogP contribution in [-0.4, -0.2) is 111 Å². The maximum Gasteiger partial charge on any atom is 0.246 e. The van der Waals surface area contributed by atoms with Crippen molar-refractivity contribution in [3.05, 3.63) is 40.7 Å². The van der Waals surface area contributed by atoms with Crippen LogP contribution >= 0.6 is 11.6 Å². The summed E-state index contributed by atoms with van der Waals surface area (Å²) in [7, 11) is 1.74. The van der Waals surface area contributed by atoms with Gasteiger partial charge in [-0.25, -0.2) is 4.39 Å². The Kier molecular flexibility index (Phi) is 10.8. The molecule has 2 aliphatic heterocycles. The summed E-state index contributed by atoms with van der Waals surface area (Å²) in [6, 6.07) is 4.33. The number of carbonyl (C=O) groups excluding carboxylic acids is 2. The number of amides is 2. The minimum atomic E-state index is -0.489. The van der Waals surface area contributed by atoms with Gasteiger partial charge in [0, 0.05) is 78.5 Å². The highest BCUT2D eigenvalue weighted by Crippen LogP contribution is 2.17. The molecule has 2 amide bonds. The van der Waals surface area contributed by atoms with Gasteiger partial charge in [-0.3, -0.25) is 14.5 Å². The van der Waals surface area contributed by atoms with Crippen LogP contribution in [0.2, 0.25) is 5.02 Å². The Morgan fingerprint density at radius 3 is 2.44 bits per heavy atom. The Labute approximate surface area is 207 Å². The number of piperazine rings is 1. The highest BCUT2D eigenvalue weighted by Gasteiger charge is 2.23. The van der Waals surface area contributed by atoms with Crippen LogP contribution in [0, 0.1) is 5.82 Å². The molecule has 0 atom stereocenters. The molecular weight excluding hydrogens is 459 g/mol. The predicted molar refractivity (Wildman–Crippen MR) is 132 cm³/mol. The Bertz CT molecular complexity index is 845. The second kappa shape index (κ2) is 13.8. The van der Waals surface area contributed by atoms with Crippen LogP contribution in [0.15, 0.2) is 24.3 Å². The van der Waals surface area contributed by atoms with Crippen molar-refractivity contribution in [3.63, 3.8) is 0 Å². The molecule has 1 aromatic carbocycles. The Balaban J connectivity index is 1.36. The number of benzene rings is 1. The normalized spacial score (nSPS) is 18.6. The minimum Gasteiger partial charge on any atom is -0.383 e. The van der Waals surface area contributed by atoms with E-state index in [1.165, 1.54) is 18.2 Å². The number of hydrogen-bond acceptors (Lipinski definition) is 5. The summed E-state index contributed by atoms with van der Waals surface area (Å²) in [5.74, 6) is -0.534. The van der Waals surface area contributed by atoms with Gasteiger partial charge in [-0.2, -0.15) is 0 Å². The van der Waals surface area contributed by atoms with Gasteiger partial charge in [-0.1, -0.05) is 17.7 Å². The molecule has 188 valence electrons. The van der Waals surface area contributed by atoms with Gasteiger partial charge in [0.2, 0.25) is 11.8 Å². The van der Waals surface area contributed by atoms with E-state index in [4.69, 9.17) is 16.3 Å². The lowest BCUT2D eigenvalue weighted by atomic mass is 10.2. The highest BCUT2D eigenvalue weighted by atomic mass is 35.5. The van der Waals surface area contributed by atoms with E-state index < -0.39 is 5.82 Å². The summed E-state index contributed by atoms with van der Waals surface area (Å²) in [5.41, 5.74) is 0.656. The van der Waals surface area contributed by atoms with Crippen molar-refractivity contribution < 1.29 is 18.7 Å². The molecule has 34 heavy (non-hydrogen) atoms. The summed E-state index contributed by atoms with van der Waals surface area (Å²) in [5, 5.41) is 0.0231. The molecule has 7 nitrogen and oxygen atoms in total. The van der Waals surface area contributed by atoms with Crippen LogP contribution in [0.25, 0.3) is 6.08 Å². The van der Waals surface area contributed by atoms with Crippen LogP contribution in [0.5, 0.6) is 0 Å². The molecule has 0 spiro atoms. The molecule has 0 radical (unpaired) electrons. The van der Waals surface area contributed by atoms with Crippen molar-refractivity contribution in [1.82, 2.24) is 19.6 Å². The molecule has 0 bridgehead atoms. The molecular formula is C25H36ClFN4O3. The number of unbranched alkanes of at least 4 members (excludes halogenated alkanes) is 1. The lowest BCUT2D eigenvalue weighted by Gasteiger charge is -2.34. The molecule has 0 aromatic heterocycles. The average molecular weight is 495 g/mol. The van der Waals surface area contributed by atoms with Crippen molar-refractivity contribution in [2.45, 2.75) is 19.3 Å². The van der Waals surface area contributed by atoms with Crippen LogP contribution in [-0.2, 0) is 14.3 Å². The van der Waals surface area contributed by atoms with Crippen LogP contribution in [0.1, 0.15) is 24.8 Å². The number of rotatable bonds is 10. The van der Waals surface area contributed by atoms with E-state index in [1.54, 1.807) is 24.2 Å². The first-order chi connectivity index (χ1) is 16.5. The number of halogens is 2. The van der Waals surface area contributed by atoms with E-state index in [1.807, 2.05) is 4.90 Å². The first-order valence-electron chi connectivity index (χ1n) is 12.1.